The molecule has 2 rings (SSSR count). The fraction of sp³-hybridized carbons (Fsp3) is 0.600. The molecule has 1 aliphatic heterocycles. The fourth-order valence-corrected chi connectivity index (χ4v) is 2.59. The molecule has 106 valence electrons. The summed E-state index contributed by atoms with van der Waals surface area (Å²) in [6, 6.07) is 6.06. The average molecular weight is 264 g/mol. The highest BCUT2D eigenvalue weighted by Crippen LogP contribution is 2.30. The molecule has 0 radical (unpaired) electrons. The van der Waals surface area contributed by atoms with Crippen molar-refractivity contribution >= 4 is 11.4 Å². The molecule has 1 heterocycles. The molecule has 4 nitrogen and oxygen atoms in total. The van der Waals surface area contributed by atoms with Crippen molar-refractivity contribution < 1.29 is 9.47 Å². The van der Waals surface area contributed by atoms with E-state index in [0.29, 0.717) is 18.2 Å². The van der Waals surface area contributed by atoms with Crippen molar-refractivity contribution in [2.75, 3.05) is 44.0 Å². The number of nitrogens with zero attached hydrogens (tertiary/aromatic N) is 1. The van der Waals surface area contributed by atoms with E-state index in [1.54, 1.807) is 7.11 Å². The highest BCUT2D eigenvalue weighted by molar-refractivity contribution is 5.62. The number of anilines is 2. The minimum absolute atomic E-state index is 0.642. The average Bonchev–Trinajstić information content (AvgIpc) is 2.43. The first-order chi connectivity index (χ1) is 9.24. The topological polar surface area (TPSA) is 47.7 Å². The minimum atomic E-state index is 0.642. The minimum Gasteiger partial charge on any atom is -0.492 e. The van der Waals surface area contributed by atoms with Crippen LogP contribution in [0.2, 0.25) is 0 Å². The second-order valence-corrected chi connectivity index (χ2v) is 5.04. The van der Waals surface area contributed by atoms with Crippen LogP contribution >= 0.6 is 0 Å². The summed E-state index contributed by atoms with van der Waals surface area (Å²) in [5, 5.41) is 0. The third-order valence-corrected chi connectivity index (χ3v) is 3.68. The summed E-state index contributed by atoms with van der Waals surface area (Å²) in [7, 11) is 1.78. The lowest BCUT2D eigenvalue weighted by molar-refractivity contribution is 0.139. The Hall–Kier alpha value is -1.42. The van der Waals surface area contributed by atoms with Crippen molar-refractivity contribution in [1.29, 1.82) is 0 Å². The normalized spacial score (nSPS) is 16.6. The monoisotopic (exact) mass is 264 g/mol. The Morgan fingerprint density at radius 3 is 2.68 bits per heavy atom. The summed E-state index contributed by atoms with van der Waals surface area (Å²) < 4.78 is 10.8. The Balaban J connectivity index is 2.01. The van der Waals surface area contributed by atoms with E-state index in [1.807, 2.05) is 13.0 Å². The van der Waals surface area contributed by atoms with E-state index in [2.05, 4.69) is 17.0 Å². The molecule has 0 amide bonds. The van der Waals surface area contributed by atoms with Gasteiger partial charge in [0.2, 0.25) is 0 Å². The molecule has 2 N–H and O–H groups in total. The Bertz CT molecular complexity index is 401. The first-order valence-electron chi connectivity index (χ1n) is 7.00. The maximum Gasteiger partial charge on any atom is 0.144 e. The predicted octanol–water partition coefficient (Wildman–Crippen LogP) is 2.53. The van der Waals surface area contributed by atoms with E-state index in [4.69, 9.17) is 15.2 Å². The number of rotatable bonds is 5. The van der Waals surface area contributed by atoms with Crippen molar-refractivity contribution in [1.82, 2.24) is 0 Å². The maximum atomic E-state index is 5.91. The SMILES string of the molecule is CCOc1cc(N2CCC(COC)CC2)ccc1N. The number of ether oxygens (including phenoxy) is 2. The van der Waals surface area contributed by atoms with Crippen LogP contribution < -0.4 is 15.4 Å². The number of benzene rings is 1. The molecule has 1 aromatic rings. The highest BCUT2D eigenvalue weighted by Gasteiger charge is 2.19. The van der Waals surface area contributed by atoms with Crippen LogP contribution in [0.5, 0.6) is 5.75 Å². The quantitative estimate of drug-likeness (QED) is 0.830. The van der Waals surface area contributed by atoms with E-state index in [9.17, 15) is 0 Å². The van der Waals surface area contributed by atoms with Gasteiger partial charge in [-0.15, -0.1) is 0 Å². The number of nitrogens with two attached hydrogens (primary N) is 1. The molecule has 19 heavy (non-hydrogen) atoms. The Labute approximate surface area is 115 Å². The van der Waals surface area contributed by atoms with Crippen LogP contribution in [0, 0.1) is 5.92 Å². The lowest BCUT2D eigenvalue weighted by atomic mass is 9.97. The number of nitrogen functional groups attached to an aromatic ring is 1. The summed E-state index contributed by atoms with van der Waals surface area (Å²) in [5.74, 6) is 1.49. The third-order valence-electron chi connectivity index (χ3n) is 3.68. The van der Waals surface area contributed by atoms with Gasteiger partial charge in [-0.1, -0.05) is 0 Å². The molecule has 0 spiro atoms. The number of hydrogen-bond acceptors (Lipinski definition) is 4. The molecule has 4 heteroatoms. The van der Waals surface area contributed by atoms with Gasteiger partial charge in [0.05, 0.1) is 12.3 Å². The second-order valence-electron chi connectivity index (χ2n) is 5.04. The molecule has 1 aliphatic rings. The lowest BCUT2D eigenvalue weighted by Gasteiger charge is -2.33. The van der Waals surface area contributed by atoms with Gasteiger partial charge >= 0.3 is 0 Å². The van der Waals surface area contributed by atoms with E-state index in [-0.39, 0.29) is 0 Å². The van der Waals surface area contributed by atoms with Gasteiger partial charge in [-0.2, -0.15) is 0 Å². The lowest BCUT2D eigenvalue weighted by Crippen LogP contribution is -2.34. The highest BCUT2D eigenvalue weighted by atomic mass is 16.5. The van der Waals surface area contributed by atoms with E-state index < -0.39 is 0 Å². The first kappa shape index (κ1) is 14.0. The molecular formula is C15H24N2O2. The maximum absolute atomic E-state index is 5.91. The number of piperidine rings is 1. The van der Waals surface area contributed by atoms with Gasteiger partial charge in [0.15, 0.2) is 0 Å². The summed E-state index contributed by atoms with van der Waals surface area (Å²) in [6.45, 7) is 5.64. The Kier molecular flexibility index (Phi) is 4.91. The molecule has 1 saturated heterocycles. The Morgan fingerprint density at radius 2 is 2.05 bits per heavy atom. The van der Waals surface area contributed by atoms with Gasteiger partial charge in [0, 0.05) is 38.6 Å². The molecule has 0 bridgehead atoms. The fourth-order valence-electron chi connectivity index (χ4n) is 2.59. The van der Waals surface area contributed by atoms with Gasteiger partial charge in [0.25, 0.3) is 0 Å². The molecule has 0 aromatic heterocycles. The van der Waals surface area contributed by atoms with Gasteiger partial charge in [-0.25, -0.2) is 0 Å². The number of hydrogen-bond donors (Lipinski definition) is 1. The molecule has 0 aliphatic carbocycles. The molecule has 0 unspecified atom stereocenters. The van der Waals surface area contributed by atoms with Crippen molar-refractivity contribution in [2.45, 2.75) is 19.8 Å². The van der Waals surface area contributed by atoms with Crippen molar-refractivity contribution in [3.63, 3.8) is 0 Å². The van der Waals surface area contributed by atoms with E-state index in [0.717, 1.165) is 25.4 Å². The molecule has 0 atom stereocenters. The molecule has 1 aromatic carbocycles. The smallest absolute Gasteiger partial charge is 0.144 e. The van der Waals surface area contributed by atoms with Crippen LogP contribution in [0.25, 0.3) is 0 Å². The second kappa shape index (κ2) is 6.66. The summed E-state index contributed by atoms with van der Waals surface area (Å²) >= 11 is 0. The number of methoxy groups -OCH3 is 1. The largest absolute Gasteiger partial charge is 0.492 e. The molecular weight excluding hydrogens is 240 g/mol. The van der Waals surface area contributed by atoms with Crippen molar-refractivity contribution in [3.05, 3.63) is 18.2 Å². The van der Waals surface area contributed by atoms with Crippen molar-refractivity contribution in [2.24, 2.45) is 5.92 Å². The van der Waals surface area contributed by atoms with Gasteiger partial charge in [-0.3, -0.25) is 0 Å². The molecule has 1 fully saturated rings. The van der Waals surface area contributed by atoms with Crippen LogP contribution in [0.1, 0.15) is 19.8 Å². The first-order valence-corrected chi connectivity index (χ1v) is 7.00. The van der Waals surface area contributed by atoms with E-state index in [1.165, 1.54) is 18.5 Å². The summed E-state index contributed by atoms with van der Waals surface area (Å²) in [5.41, 5.74) is 7.82. The Morgan fingerprint density at radius 1 is 1.32 bits per heavy atom. The zero-order valence-electron chi connectivity index (χ0n) is 11.9. The van der Waals surface area contributed by atoms with Crippen LogP contribution in [-0.2, 0) is 4.74 Å². The van der Waals surface area contributed by atoms with Gasteiger partial charge < -0.3 is 20.1 Å². The van der Waals surface area contributed by atoms with Crippen LogP contribution in [0.15, 0.2) is 18.2 Å². The van der Waals surface area contributed by atoms with Gasteiger partial charge in [-0.05, 0) is 37.8 Å². The van der Waals surface area contributed by atoms with Crippen LogP contribution in [-0.4, -0.2) is 33.4 Å². The zero-order chi connectivity index (χ0) is 13.7. The summed E-state index contributed by atoms with van der Waals surface area (Å²) in [4.78, 5) is 2.40. The zero-order valence-corrected chi connectivity index (χ0v) is 11.9. The summed E-state index contributed by atoms with van der Waals surface area (Å²) in [6.07, 6.45) is 2.37. The van der Waals surface area contributed by atoms with E-state index >= 15 is 0 Å². The van der Waals surface area contributed by atoms with Gasteiger partial charge in [0.1, 0.15) is 5.75 Å². The molecule has 0 saturated carbocycles. The van der Waals surface area contributed by atoms with Crippen LogP contribution in [0.4, 0.5) is 11.4 Å². The predicted molar refractivity (Wildman–Crippen MR) is 78.8 cm³/mol. The van der Waals surface area contributed by atoms with Crippen LogP contribution in [0.3, 0.4) is 0 Å². The van der Waals surface area contributed by atoms with Crippen molar-refractivity contribution in [3.8, 4) is 5.75 Å². The third kappa shape index (κ3) is 3.53. The standard InChI is InChI=1S/C15H24N2O2/c1-3-19-15-10-13(4-5-14(15)16)17-8-6-12(7-9-17)11-18-2/h4-5,10,12H,3,6-9,11,16H2,1-2H3.